The molecule has 96 valence electrons. The van der Waals surface area contributed by atoms with Gasteiger partial charge in [0, 0.05) is 13.0 Å². The average Bonchev–Trinajstić information content (AvgIpc) is 2.92. The van der Waals surface area contributed by atoms with Crippen LogP contribution in [0.15, 0.2) is 35.1 Å². The van der Waals surface area contributed by atoms with Crippen molar-refractivity contribution < 1.29 is 4.52 Å². The Labute approximate surface area is 108 Å². The number of fused-ring (bicyclic) bond motifs is 1. The zero-order chi connectivity index (χ0) is 13.1. The van der Waals surface area contributed by atoms with Gasteiger partial charge in [-0.2, -0.15) is 4.98 Å². The van der Waals surface area contributed by atoms with Crippen LogP contribution in [0.1, 0.15) is 5.89 Å². The monoisotopic (exact) mass is 256 g/mol. The molecule has 0 saturated heterocycles. The molecule has 0 amide bonds. The van der Waals surface area contributed by atoms with Crippen molar-refractivity contribution in [1.29, 1.82) is 0 Å². The normalized spacial score (nSPS) is 10.7. The third-order valence-electron chi connectivity index (χ3n) is 2.64. The van der Waals surface area contributed by atoms with Gasteiger partial charge in [-0.15, -0.1) is 0 Å². The third kappa shape index (κ3) is 2.44. The highest BCUT2D eigenvalue weighted by atomic mass is 16.5. The van der Waals surface area contributed by atoms with E-state index in [1.165, 1.54) is 6.33 Å². The van der Waals surface area contributed by atoms with Gasteiger partial charge in [0.1, 0.15) is 0 Å². The third-order valence-corrected chi connectivity index (χ3v) is 2.64. The molecule has 0 aliphatic heterocycles. The van der Waals surface area contributed by atoms with Gasteiger partial charge in [-0.05, 0) is 12.1 Å². The standard InChI is InChI=1S/C12H12N6O/c13-11-12(14-6-5-10-15-7-16-19-10)18-9-4-2-1-3-8(9)17-11/h1-4,7H,5-6H2,(H2,13,17)(H,14,18). The molecule has 3 aromatic rings. The van der Waals surface area contributed by atoms with Crippen LogP contribution in [0.25, 0.3) is 11.0 Å². The van der Waals surface area contributed by atoms with E-state index in [1.54, 1.807) is 0 Å². The Kier molecular flexibility index (Phi) is 2.93. The fourth-order valence-corrected chi connectivity index (χ4v) is 1.74. The Bertz CT molecular complexity index is 682. The smallest absolute Gasteiger partial charge is 0.228 e. The van der Waals surface area contributed by atoms with E-state index in [1.807, 2.05) is 24.3 Å². The maximum atomic E-state index is 5.86. The first-order chi connectivity index (χ1) is 9.33. The molecule has 1 aromatic carbocycles. The summed E-state index contributed by atoms with van der Waals surface area (Å²) in [5.74, 6) is 1.52. The number of hydrogen-bond acceptors (Lipinski definition) is 7. The van der Waals surface area contributed by atoms with E-state index in [0.717, 1.165) is 11.0 Å². The van der Waals surface area contributed by atoms with Crippen LogP contribution in [-0.2, 0) is 6.42 Å². The number of nitrogen functional groups attached to an aromatic ring is 1. The molecule has 0 fully saturated rings. The summed E-state index contributed by atoms with van der Waals surface area (Å²) in [6, 6.07) is 7.58. The van der Waals surface area contributed by atoms with Crippen LogP contribution in [0.4, 0.5) is 11.6 Å². The van der Waals surface area contributed by atoms with Crippen molar-refractivity contribution in [3.63, 3.8) is 0 Å². The summed E-state index contributed by atoms with van der Waals surface area (Å²) in [7, 11) is 0. The molecule has 19 heavy (non-hydrogen) atoms. The van der Waals surface area contributed by atoms with Gasteiger partial charge in [0.15, 0.2) is 18.0 Å². The molecule has 0 spiro atoms. The number of aromatic nitrogens is 4. The summed E-state index contributed by atoms with van der Waals surface area (Å²) >= 11 is 0. The summed E-state index contributed by atoms with van der Waals surface area (Å²) < 4.78 is 4.90. The van der Waals surface area contributed by atoms with Crippen LogP contribution in [0.2, 0.25) is 0 Å². The fraction of sp³-hybridized carbons (Fsp3) is 0.167. The molecular weight excluding hydrogens is 244 g/mol. The van der Waals surface area contributed by atoms with Gasteiger partial charge in [-0.1, -0.05) is 17.3 Å². The molecule has 0 bridgehead atoms. The van der Waals surface area contributed by atoms with Crippen molar-refractivity contribution in [3.8, 4) is 0 Å². The van der Waals surface area contributed by atoms with Gasteiger partial charge in [-0.25, -0.2) is 9.97 Å². The number of para-hydroxylation sites is 2. The SMILES string of the molecule is Nc1nc2ccccc2nc1NCCc1ncno1. The topological polar surface area (TPSA) is 103 Å². The molecule has 0 aliphatic rings. The van der Waals surface area contributed by atoms with E-state index in [2.05, 4.69) is 25.4 Å². The number of anilines is 2. The minimum absolute atomic E-state index is 0.379. The van der Waals surface area contributed by atoms with Crippen LogP contribution < -0.4 is 11.1 Å². The number of hydrogen-bond donors (Lipinski definition) is 2. The fourth-order valence-electron chi connectivity index (χ4n) is 1.74. The minimum Gasteiger partial charge on any atom is -0.381 e. The van der Waals surface area contributed by atoms with E-state index >= 15 is 0 Å². The second-order valence-corrected chi connectivity index (χ2v) is 3.96. The molecule has 2 heterocycles. The molecule has 0 unspecified atom stereocenters. The molecule has 0 aliphatic carbocycles. The van der Waals surface area contributed by atoms with Crippen molar-refractivity contribution in [3.05, 3.63) is 36.5 Å². The lowest BCUT2D eigenvalue weighted by molar-refractivity contribution is 0.379. The summed E-state index contributed by atoms with van der Waals surface area (Å²) in [5, 5.41) is 6.66. The Morgan fingerprint density at radius 2 is 1.95 bits per heavy atom. The summed E-state index contributed by atoms with van der Waals surface area (Å²) in [4.78, 5) is 12.7. The molecule has 0 atom stereocenters. The number of nitrogens with two attached hydrogens (primary N) is 1. The highest BCUT2D eigenvalue weighted by molar-refractivity contribution is 5.79. The highest BCUT2D eigenvalue weighted by Crippen LogP contribution is 2.18. The van der Waals surface area contributed by atoms with Crippen molar-refractivity contribution >= 4 is 22.7 Å². The number of rotatable bonds is 4. The van der Waals surface area contributed by atoms with Gasteiger partial charge >= 0.3 is 0 Å². The maximum absolute atomic E-state index is 5.86. The Morgan fingerprint density at radius 1 is 1.16 bits per heavy atom. The van der Waals surface area contributed by atoms with Gasteiger partial charge < -0.3 is 15.6 Å². The Hall–Kier alpha value is -2.70. The summed E-state index contributed by atoms with van der Waals surface area (Å²) in [6.07, 6.45) is 1.98. The average molecular weight is 256 g/mol. The van der Waals surface area contributed by atoms with Crippen molar-refractivity contribution in [2.24, 2.45) is 0 Å². The first-order valence-electron chi connectivity index (χ1n) is 5.84. The number of nitrogens with one attached hydrogen (secondary N) is 1. The minimum atomic E-state index is 0.379. The van der Waals surface area contributed by atoms with Crippen molar-refractivity contribution in [2.45, 2.75) is 6.42 Å². The predicted molar refractivity (Wildman–Crippen MR) is 70.4 cm³/mol. The van der Waals surface area contributed by atoms with Crippen LogP contribution in [0.5, 0.6) is 0 Å². The van der Waals surface area contributed by atoms with Crippen molar-refractivity contribution in [1.82, 2.24) is 20.1 Å². The van der Waals surface area contributed by atoms with E-state index in [0.29, 0.717) is 30.5 Å². The van der Waals surface area contributed by atoms with Gasteiger partial charge in [-0.3, -0.25) is 0 Å². The first-order valence-corrected chi connectivity index (χ1v) is 5.84. The second-order valence-electron chi connectivity index (χ2n) is 3.96. The molecule has 3 rings (SSSR count). The zero-order valence-electron chi connectivity index (χ0n) is 10.1. The van der Waals surface area contributed by atoms with Crippen LogP contribution in [0, 0.1) is 0 Å². The van der Waals surface area contributed by atoms with E-state index in [-0.39, 0.29) is 0 Å². The van der Waals surface area contributed by atoms with Crippen LogP contribution in [0.3, 0.4) is 0 Å². The lowest BCUT2D eigenvalue weighted by Crippen LogP contribution is -2.10. The van der Waals surface area contributed by atoms with Gasteiger partial charge in [0.25, 0.3) is 0 Å². The molecule has 2 aromatic heterocycles. The van der Waals surface area contributed by atoms with Gasteiger partial charge in [0.05, 0.1) is 11.0 Å². The first kappa shape index (κ1) is 11.4. The van der Waals surface area contributed by atoms with Crippen LogP contribution in [-0.4, -0.2) is 26.7 Å². The Balaban J connectivity index is 1.75. The number of nitrogens with zero attached hydrogens (tertiary/aromatic N) is 4. The molecular formula is C12H12N6O. The molecule has 7 nitrogen and oxygen atoms in total. The quantitative estimate of drug-likeness (QED) is 0.724. The molecule has 3 N–H and O–H groups in total. The summed E-state index contributed by atoms with van der Waals surface area (Å²) in [5.41, 5.74) is 7.44. The van der Waals surface area contributed by atoms with Crippen molar-refractivity contribution in [2.75, 3.05) is 17.6 Å². The summed E-state index contributed by atoms with van der Waals surface area (Å²) in [6.45, 7) is 0.597. The van der Waals surface area contributed by atoms with E-state index < -0.39 is 0 Å². The largest absolute Gasteiger partial charge is 0.381 e. The molecule has 0 saturated carbocycles. The Morgan fingerprint density at radius 3 is 2.68 bits per heavy atom. The second kappa shape index (κ2) is 4.89. The molecule has 7 heteroatoms. The van der Waals surface area contributed by atoms with E-state index in [9.17, 15) is 0 Å². The molecule has 0 radical (unpaired) electrons. The number of benzene rings is 1. The van der Waals surface area contributed by atoms with Gasteiger partial charge in [0.2, 0.25) is 5.89 Å². The zero-order valence-corrected chi connectivity index (χ0v) is 10.1. The highest BCUT2D eigenvalue weighted by Gasteiger charge is 2.06. The predicted octanol–water partition coefficient (Wildman–Crippen LogP) is 1.25. The lowest BCUT2D eigenvalue weighted by Gasteiger charge is -2.07. The lowest BCUT2D eigenvalue weighted by atomic mass is 10.3. The van der Waals surface area contributed by atoms with E-state index in [4.69, 9.17) is 10.3 Å². The maximum Gasteiger partial charge on any atom is 0.228 e. The van der Waals surface area contributed by atoms with Crippen LogP contribution >= 0.6 is 0 Å².